The van der Waals surface area contributed by atoms with Gasteiger partial charge in [0.25, 0.3) is 0 Å². The van der Waals surface area contributed by atoms with Crippen molar-refractivity contribution >= 4 is 33.6 Å². The first kappa shape index (κ1) is 18.9. The van der Waals surface area contributed by atoms with E-state index in [-0.39, 0.29) is 5.91 Å². The van der Waals surface area contributed by atoms with Crippen LogP contribution in [-0.4, -0.2) is 26.7 Å². The third kappa shape index (κ3) is 5.00. The van der Waals surface area contributed by atoms with Gasteiger partial charge in [0, 0.05) is 6.08 Å². The van der Waals surface area contributed by atoms with Crippen LogP contribution in [-0.2, 0) is 4.79 Å². The van der Waals surface area contributed by atoms with Crippen LogP contribution in [0.15, 0.2) is 46.9 Å². The van der Waals surface area contributed by atoms with Crippen LogP contribution in [0.5, 0.6) is 17.2 Å². The molecule has 0 aliphatic carbocycles. The Kier molecular flexibility index (Phi) is 6.89. The number of hydrogen-bond acceptors (Lipinski definition) is 4. The number of amides is 1. The predicted octanol–water partition coefficient (Wildman–Crippen LogP) is 4.52. The topological polar surface area (TPSA) is 56.8 Å². The minimum Gasteiger partial charge on any atom is -0.493 e. The molecule has 0 fully saturated rings. The quantitative estimate of drug-likeness (QED) is 0.688. The van der Waals surface area contributed by atoms with Crippen LogP contribution < -0.4 is 19.5 Å². The smallest absolute Gasteiger partial charge is 0.248 e. The van der Waals surface area contributed by atoms with Gasteiger partial charge in [-0.05, 0) is 58.8 Å². The Morgan fingerprint density at radius 1 is 1.16 bits per heavy atom. The highest BCUT2D eigenvalue weighted by molar-refractivity contribution is 9.10. The fourth-order valence-corrected chi connectivity index (χ4v) is 2.85. The van der Waals surface area contributed by atoms with Crippen molar-refractivity contribution in [3.63, 3.8) is 0 Å². The van der Waals surface area contributed by atoms with Gasteiger partial charge in [-0.1, -0.05) is 12.1 Å². The minimum atomic E-state index is -0.252. The van der Waals surface area contributed by atoms with E-state index in [0.717, 1.165) is 10.0 Å². The van der Waals surface area contributed by atoms with Crippen molar-refractivity contribution in [2.75, 3.05) is 26.1 Å². The molecular formula is C19H20BrNO4. The molecule has 0 saturated carbocycles. The molecule has 0 atom stereocenters. The van der Waals surface area contributed by atoms with E-state index in [1.807, 2.05) is 31.2 Å². The number of methoxy groups -OCH3 is 2. The summed E-state index contributed by atoms with van der Waals surface area (Å²) >= 11 is 3.43. The highest BCUT2D eigenvalue weighted by Crippen LogP contribution is 2.36. The van der Waals surface area contributed by atoms with Crippen LogP contribution in [0, 0.1) is 0 Å². The number of benzene rings is 2. The van der Waals surface area contributed by atoms with E-state index in [0.29, 0.717) is 29.5 Å². The Bertz CT molecular complexity index is 774. The van der Waals surface area contributed by atoms with Gasteiger partial charge in [0.1, 0.15) is 5.75 Å². The van der Waals surface area contributed by atoms with Crippen molar-refractivity contribution in [2.24, 2.45) is 0 Å². The standard InChI is InChI=1S/C19H20BrNO4/c1-4-25-16-8-6-5-7-15(16)21-18(22)10-9-13-11-14(20)19(24-3)17(12-13)23-2/h5-12H,4H2,1-3H3,(H,21,22)/b10-9+. The summed E-state index contributed by atoms with van der Waals surface area (Å²) in [6.07, 6.45) is 3.15. The van der Waals surface area contributed by atoms with Crippen LogP contribution in [0.3, 0.4) is 0 Å². The Morgan fingerprint density at radius 2 is 1.92 bits per heavy atom. The molecule has 0 aliphatic heterocycles. The van der Waals surface area contributed by atoms with E-state index in [9.17, 15) is 4.79 Å². The molecule has 0 spiro atoms. The SMILES string of the molecule is CCOc1ccccc1NC(=O)/C=C/c1cc(Br)c(OC)c(OC)c1. The zero-order valence-electron chi connectivity index (χ0n) is 14.3. The van der Waals surface area contributed by atoms with Crippen molar-refractivity contribution in [1.29, 1.82) is 0 Å². The molecule has 0 aliphatic rings. The van der Waals surface area contributed by atoms with Crippen molar-refractivity contribution in [3.8, 4) is 17.2 Å². The highest BCUT2D eigenvalue weighted by atomic mass is 79.9. The van der Waals surface area contributed by atoms with Crippen LogP contribution in [0.4, 0.5) is 5.69 Å². The van der Waals surface area contributed by atoms with E-state index in [1.165, 1.54) is 6.08 Å². The third-order valence-corrected chi connectivity index (χ3v) is 3.92. The highest BCUT2D eigenvalue weighted by Gasteiger charge is 2.10. The molecular weight excluding hydrogens is 386 g/mol. The number of halogens is 1. The maximum absolute atomic E-state index is 12.2. The first-order chi connectivity index (χ1) is 12.1. The number of nitrogens with one attached hydrogen (secondary N) is 1. The number of carbonyl (C=O) groups excluding carboxylic acids is 1. The number of para-hydroxylation sites is 2. The fraction of sp³-hybridized carbons (Fsp3) is 0.211. The molecule has 2 aromatic rings. The average Bonchev–Trinajstić information content (AvgIpc) is 2.61. The summed E-state index contributed by atoms with van der Waals surface area (Å²) in [6.45, 7) is 2.43. The Labute approximate surface area is 155 Å². The van der Waals surface area contributed by atoms with Crippen LogP contribution >= 0.6 is 15.9 Å². The number of carbonyl (C=O) groups is 1. The molecule has 6 heteroatoms. The molecule has 0 aromatic heterocycles. The van der Waals surface area contributed by atoms with Crippen molar-refractivity contribution in [1.82, 2.24) is 0 Å². The Morgan fingerprint density at radius 3 is 2.60 bits per heavy atom. The first-order valence-electron chi connectivity index (χ1n) is 7.71. The normalized spacial score (nSPS) is 10.6. The molecule has 132 valence electrons. The molecule has 2 rings (SSSR count). The third-order valence-electron chi connectivity index (χ3n) is 3.33. The van der Waals surface area contributed by atoms with Crippen molar-refractivity contribution < 1.29 is 19.0 Å². The predicted molar refractivity (Wildman–Crippen MR) is 103 cm³/mol. The van der Waals surface area contributed by atoms with E-state index >= 15 is 0 Å². The van der Waals surface area contributed by atoms with E-state index in [1.54, 1.807) is 32.4 Å². The van der Waals surface area contributed by atoms with Gasteiger partial charge in [-0.15, -0.1) is 0 Å². The lowest BCUT2D eigenvalue weighted by Crippen LogP contribution is -2.09. The summed E-state index contributed by atoms with van der Waals surface area (Å²) in [7, 11) is 3.14. The molecule has 25 heavy (non-hydrogen) atoms. The summed E-state index contributed by atoms with van der Waals surface area (Å²) in [5.41, 5.74) is 1.44. The average molecular weight is 406 g/mol. The molecule has 1 N–H and O–H groups in total. The Balaban J connectivity index is 2.14. The molecule has 0 unspecified atom stereocenters. The van der Waals surface area contributed by atoms with Crippen molar-refractivity contribution in [2.45, 2.75) is 6.92 Å². The van der Waals surface area contributed by atoms with Gasteiger partial charge < -0.3 is 19.5 Å². The molecule has 1 amide bonds. The summed E-state index contributed by atoms with van der Waals surface area (Å²) in [4.78, 5) is 12.2. The lowest BCUT2D eigenvalue weighted by molar-refractivity contribution is -0.111. The molecule has 0 radical (unpaired) electrons. The van der Waals surface area contributed by atoms with E-state index < -0.39 is 0 Å². The maximum atomic E-state index is 12.2. The van der Waals surface area contributed by atoms with Crippen LogP contribution in [0.1, 0.15) is 12.5 Å². The van der Waals surface area contributed by atoms with Crippen LogP contribution in [0.25, 0.3) is 6.08 Å². The van der Waals surface area contributed by atoms with Gasteiger partial charge in [0.05, 0.1) is 31.0 Å². The lowest BCUT2D eigenvalue weighted by Gasteiger charge is -2.11. The second-order valence-corrected chi connectivity index (χ2v) is 5.84. The molecule has 0 saturated heterocycles. The largest absolute Gasteiger partial charge is 0.493 e. The van der Waals surface area contributed by atoms with Gasteiger partial charge in [0.15, 0.2) is 11.5 Å². The van der Waals surface area contributed by atoms with E-state index in [2.05, 4.69) is 21.2 Å². The summed E-state index contributed by atoms with van der Waals surface area (Å²) in [6, 6.07) is 10.9. The zero-order chi connectivity index (χ0) is 18.2. The van der Waals surface area contributed by atoms with Crippen molar-refractivity contribution in [3.05, 3.63) is 52.5 Å². The molecule has 2 aromatic carbocycles. The second kappa shape index (κ2) is 9.13. The minimum absolute atomic E-state index is 0.252. The lowest BCUT2D eigenvalue weighted by atomic mass is 10.2. The fourth-order valence-electron chi connectivity index (χ4n) is 2.23. The number of hydrogen-bond donors (Lipinski definition) is 1. The summed E-state index contributed by atoms with van der Waals surface area (Å²) in [5.74, 6) is 1.58. The monoisotopic (exact) mass is 405 g/mol. The summed E-state index contributed by atoms with van der Waals surface area (Å²) < 4.78 is 16.8. The molecule has 0 heterocycles. The summed E-state index contributed by atoms with van der Waals surface area (Å²) in [5, 5.41) is 2.81. The second-order valence-electron chi connectivity index (χ2n) is 4.99. The Hall–Kier alpha value is -2.47. The first-order valence-corrected chi connectivity index (χ1v) is 8.50. The van der Waals surface area contributed by atoms with Gasteiger partial charge in [0.2, 0.25) is 5.91 Å². The molecule has 5 nitrogen and oxygen atoms in total. The van der Waals surface area contributed by atoms with Crippen LogP contribution in [0.2, 0.25) is 0 Å². The molecule has 0 bridgehead atoms. The van der Waals surface area contributed by atoms with E-state index in [4.69, 9.17) is 14.2 Å². The maximum Gasteiger partial charge on any atom is 0.248 e. The number of rotatable bonds is 7. The number of ether oxygens (including phenoxy) is 3. The van der Waals surface area contributed by atoms with Gasteiger partial charge in [-0.2, -0.15) is 0 Å². The zero-order valence-corrected chi connectivity index (χ0v) is 15.9. The number of anilines is 1. The van der Waals surface area contributed by atoms with Gasteiger partial charge in [-0.25, -0.2) is 0 Å². The van der Waals surface area contributed by atoms with Gasteiger partial charge >= 0.3 is 0 Å². The van der Waals surface area contributed by atoms with Gasteiger partial charge in [-0.3, -0.25) is 4.79 Å².